The molecule has 4 rings (SSSR count). The summed E-state index contributed by atoms with van der Waals surface area (Å²) in [5.41, 5.74) is 3.98. The van der Waals surface area contributed by atoms with E-state index in [1.54, 1.807) is 5.38 Å². The van der Waals surface area contributed by atoms with Crippen LogP contribution in [0.1, 0.15) is 36.6 Å². The summed E-state index contributed by atoms with van der Waals surface area (Å²) in [6.07, 6.45) is -0.631. The minimum Gasteiger partial charge on any atom is -0.481 e. The van der Waals surface area contributed by atoms with E-state index in [0.29, 0.717) is 10.8 Å². The minimum absolute atomic E-state index is 0.0101. The molecule has 0 atom stereocenters. The van der Waals surface area contributed by atoms with Gasteiger partial charge in [0.2, 0.25) is 5.91 Å². The number of carboxylic acid groups (broad SMARTS) is 1. The third-order valence-electron chi connectivity index (χ3n) is 5.75. The van der Waals surface area contributed by atoms with Crippen molar-refractivity contribution in [3.8, 4) is 11.1 Å². The highest BCUT2D eigenvalue weighted by Gasteiger charge is 2.29. The van der Waals surface area contributed by atoms with Crippen LogP contribution in [0.5, 0.6) is 0 Å². The highest BCUT2D eigenvalue weighted by atomic mass is 32.1. The second kappa shape index (κ2) is 9.64. The Kier molecular flexibility index (Phi) is 6.65. The maximum absolute atomic E-state index is 12.4. The molecule has 3 N–H and O–H groups in total. The molecule has 1 aliphatic rings. The minimum atomic E-state index is -1.06. The molecular formula is C25H25N3O5S. The van der Waals surface area contributed by atoms with Crippen LogP contribution >= 0.6 is 11.3 Å². The van der Waals surface area contributed by atoms with Crippen LogP contribution in [0.15, 0.2) is 53.9 Å². The quantitative estimate of drug-likeness (QED) is 0.444. The first-order chi connectivity index (χ1) is 16.2. The molecule has 0 saturated heterocycles. The smallest absolute Gasteiger partial charge is 0.413 e. The van der Waals surface area contributed by atoms with Crippen molar-refractivity contribution >= 4 is 34.4 Å². The van der Waals surface area contributed by atoms with Crippen molar-refractivity contribution in [2.24, 2.45) is 5.41 Å². The number of hydrogen-bond acceptors (Lipinski definition) is 6. The van der Waals surface area contributed by atoms with Gasteiger partial charge in [0.1, 0.15) is 6.61 Å². The van der Waals surface area contributed by atoms with E-state index in [1.165, 1.54) is 25.2 Å². The van der Waals surface area contributed by atoms with Crippen molar-refractivity contribution in [3.63, 3.8) is 0 Å². The number of aromatic nitrogens is 1. The Morgan fingerprint density at radius 3 is 2.29 bits per heavy atom. The summed E-state index contributed by atoms with van der Waals surface area (Å²) in [5, 5.41) is 16.3. The number of nitrogens with one attached hydrogen (secondary N) is 2. The largest absolute Gasteiger partial charge is 0.481 e. The van der Waals surface area contributed by atoms with Gasteiger partial charge in [0.05, 0.1) is 17.5 Å². The summed E-state index contributed by atoms with van der Waals surface area (Å²) in [7, 11) is 0. The molecule has 0 spiro atoms. The number of benzene rings is 2. The Morgan fingerprint density at radius 1 is 1.06 bits per heavy atom. The number of hydrogen-bond donors (Lipinski definition) is 3. The SMILES string of the molecule is CC(C)(CNC(=O)Cc1csc(NC(=O)OCC2c3ccccc3-c3ccccc32)n1)C(=O)O. The van der Waals surface area contributed by atoms with Gasteiger partial charge in [0.15, 0.2) is 5.13 Å². The second-order valence-corrected chi connectivity index (χ2v) is 9.60. The van der Waals surface area contributed by atoms with Gasteiger partial charge in [-0.2, -0.15) is 0 Å². The number of rotatable bonds is 8. The molecule has 34 heavy (non-hydrogen) atoms. The van der Waals surface area contributed by atoms with Crippen molar-refractivity contribution in [2.45, 2.75) is 26.2 Å². The summed E-state index contributed by atoms with van der Waals surface area (Å²) in [4.78, 5) is 39.9. The highest BCUT2D eigenvalue weighted by Crippen LogP contribution is 2.44. The number of carboxylic acids is 1. The van der Waals surface area contributed by atoms with Crippen LogP contribution in [0.2, 0.25) is 0 Å². The molecule has 9 heteroatoms. The first-order valence-electron chi connectivity index (χ1n) is 10.8. The van der Waals surface area contributed by atoms with Crippen LogP contribution in [-0.2, 0) is 20.7 Å². The van der Waals surface area contributed by atoms with Gasteiger partial charge in [-0.3, -0.25) is 14.9 Å². The van der Waals surface area contributed by atoms with Gasteiger partial charge in [-0.1, -0.05) is 48.5 Å². The van der Waals surface area contributed by atoms with Crippen molar-refractivity contribution in [1.29, 1.82) is 0 Å². The molecule has 0 unspecified atom stereocenters. The zero-order valence-corrected chi connectivity index (χ0v) is 19.6. The van der Waals surface area contributed by atoms with Gasteiger partial charge in [0.25, 0.3) is 0 Å². The van der Waals surface area contributed by atoms with Gasteiger partial charge in [-0.25, -0.2) is 9.78 Å². The predicted molar refractivity (Wildman–Crippen MR) is 129 cm³/mol. The number of thiazole rings is 1. The zero-order chi connectivity index (χ0) is 24.3. The van der Waals surface area contributed by atoms with E-state index in [-0.39, 0.29) is 31.4 Å². The van der Waals surface area contributed by atoms with Gasteiger partial charge in [-0.15, -0.1) is 11.3 Å². The van der Waals surface area contributed by atoms with Crippen LogP contribution in [-0.4, -0.2) is 41.2 Å². The first kappa shape index (κ1) is 23.4. The maximum atomic E-state index is 12.4. The van der Waals surface area contributed by atoms with Crippen LogP contribution in [0.3, 0.4) is 0 Å². The van der Waals surface area contributed by atoms with Crippen molar-refractivity contribution < 1.29 is 24.2 Å². The fourth-order valence-corrected chi connectivity index (χ4v) is 4.49. The van der Waals surface area contributed by atoms with Crippen LogP contribution < -0.4 is 10.6 Å². The van der Waals surface area contributed by atoms with E-state index in [1.807, 2.05) is 24.3 Å². The predicted octanol–water partition coefficient (Wildman–Crippen LogP) is 4.27. The lowest BCUT2D eigenvalue weighted by molar-refractivity contribution is -0.146. The standard InChI is InChI=1S/C25H25N3O5S/c1-25(2,22(30)31)14-26-21(29)11-15-13-34-23(27-15)28-24(32)33-12-20-18-9-5-3-7-16(18)17-8-4-6-10-19(17)20/h3-10,13,20H,11-12,14H2,1-2H3,(H,26,29)(H,30,31)(H,27,28,32). The van der Waals surface area contributed by atoms with Crippen molar-refractivity contribution in [3.05, 3.63) is 70.7 Å². The molecule has 1 heterocycles. The molecule has 0 radical (unpaired) electrons. The third kappa shape index (κ3) is 5.09. The Labute approximate surface area is 201 Å². The second-order valence-electron chi connectivity index (χ2n) is 8.74. The summed E-state index contributed by atoms with van der Waals surface area (Å²) < 4.78 is 5.51. The van der Waals surface area contributed by atoms with Gasteiger partial charge in [-0.05, 0) is 36.1 Å². The molecule has 0 saturated carbocycles. The third-order valence-corrected chi connectivity index (χ3v) is 6.56. The van der Waals surface area contributed by atoms with E-state index < -0.39 is 17.5 Å². The monoisotopic (exact) mass is 479 g/mol. The molecule has 8 nitrogen and oxygen atoms in total. The first-order valence-corrected chi connectivity index (χ1v) is 11.7. The Hall–Kier alpha value is -3.72. The maximum Gasteiger partial charge on any atom is 0.413 e. The van der Waals surface area contributed by atoms with E-state index in [4.69, 9.17) is 9.84 Å². The summed E-state index contributed by atoms with van der Waals surface area (Å²) in [6, 6.07) is 16.2. The average molecular weight is 480 g/mol. The lowest BCUT2D eigenvalue weighted by Gasteiger charge is -2.19. The number of amides is 2. The molecule has 0 bridgehead atoms. The van der Waals surface area contributed by atoms with Gasteiger partial charge >= 0.3 is 12.1 Å². The number of carbonyl (C=O) groups is 3. The molecule has 1 aromatic heterocycles. The molecule has 0 aliphatic heterocycles. The summed E-state index contributed by atoms with van der Waals surface area (Å²) in [6.45, 7) is 3.28. The molecule has 2 amide bonds. The molecular weight excluding hydrogens is 454 g/mol. The Bertz CT molecular complexity index is 1190. The van der Waals surface area contributed by atoms with Crippen molar-refractivity contribution in [2.75, 3.05) is 18.5 Å². The molecule has 0 fully saturated rings. The lowest BCUT2D eigenvalue weighted by Crippen LogP contribution is -2.39. The van der Waals surface area contributed by atoms with E-state index in [0.717, 1.165) is 22.3 Å². The number of nitrogens with zero attached hydrogens (tertiary/aromatic N) is 1. The van der Waals surface area contributed by atoms with Crippen LogP contribution in [0.4, 0.5) is 9.93 Å². The van der Waals surface area contributed by atoms with E-state index in [2.05, 4.69) is 39.9 Å². The number of fused-ring (bicyclic) bond motifs is 3. The number of carbonyl (C=O) groups excluding carboxylic acids is 2. The summed E-state index contributed by atoms with van der Waals surface area (Å²) >= 11 is 1.19. The van der Waals surface area contributed by atoms with Crippen LogP contribution in [0, 0.1) is 5.41 Å². The molecule has 3 aromatic rings. The van der Waals surface area contributed by atoms with E-state index in [9.17, 15) is 14.4 Å². The Balaban J connectivity index is 1.30. The Morgan fingerprint density at radius 2 is 1.68 bits per heavy atom. The normalized spacial score (nSPS) is 12.5. The number of ether oxygens (including phenoxy) is 1. The van der Waals surface area contributed by atoms with Crippen LogP contribution in [0.25, 0.3) is 11.1 Å². The molecule has 1 aliphatic carbocycles. The van der Waals surface area contributed by atoms with Crippen molar-refractivity contribution in [1.82, 2.24) is 10.3 Å². The fourth-order valence-electron chi connectivity index (χ4n) is 3.79. The zero-order valence-electron chi connectivity index (χ0n) is 18.8. The average Bonchev–Trinajstić information content (AvgIpc) is 3.38. The number of aliphatic carboxylic acids is 1. The number of anilines is 1. The topological polar surface area (TPSA) is 118 Å². The van der Waals surface area contributed by atoms with Gasteiger partial charge < -0.3 is 15.2 Å². The van der Waals surface area contributed by atoms with Gasteiger partial charge in [0, 0.05) is 17.8 Å². The highest BCUT2D eigenvalue weighted by molar-refractivity contribution is 7.13. The molecule has 176 valence electrons. The lowest BCUT2D eigenvalue weighted by atomic mass is 9.94. The fraction of sp³-hybridized carbons (Fsp3) is 0.280. The summed E-state index contributed by atoms with van der Waals surface area (Å²) in [5.74, 6) is -1.37. The molecule has 2 aromatic carbocycles. The van der Waals surface area contributed by atoms with E-state index >= 15 is 0 Å².